The number of fused-ring (bicyclic) bond motifs is 1. The Labute approximate surface area is 98.7 Å². The Morgan fingerprint density at radius 1 is 1.75 bits per heavy atom. The summed E-state index contributed by atoms with van der Waals surface area (Å²) in [6.45, 7) is 2.05. The maximum absolute atomic E-state index is 10.7. The van der Waals surface area contributed by atoms with Gasteiger partial charge >= 0.3 is 5.97 Å². The van der Waals surface area contributed by atoms with Gasteiger partial charge < -0.3 is 15.7 Å². The lowest BCUT2D eigenvalue weighted by Gasteiger charge is -2.21. The summed E-state index contributed by atoms with van der Waals surface area (Å²) in [6, 6.07) is 1.33. The zero-order valence-electron chi connectivity index (χ0n) is 9.27. The summed E-state index contributed by atoms with van der Waals surface area (Å²) >= 11 is 1.71. The van der Waals surface area contributed by atoms with Gasteiger partial charge in [-0.25, -0.2) is 0 Å². The summed E-state index contributed by atoms with van der Waals surface area (Å²) < 4.78 is 0. The summed E-state index contributed by atoms with van der Waals surface area (Å²) in [5.41, 5.74) is 6.87. The quantitative estimate of drug-likeness (QED) is 0.816. The van der Waals surface area contributed by atoms with E-state index in [9.17, 15) is 4.79 Å². The Hall–Kier alpha value is -0.910. The van der Waals surface area contributed by atoms with Crippen LogP contribution in [-0.2, 0) is 24.2 Å². The van der Waals surface area contributed by atoms with Crippen LogP contribution in [0.4, 0.5) is 0 Å². The lowest BCUT2D eigenvalue weighted by Crippen LogP contribution is -2.31. The molecule has 1 aromatic rings. The van der Waals surface area contributed by atoms with Gasteiger partial charge in [-0.2, -0.15) is 0 Å². The number of nitrogens with zero attached hydrogens (tertiary/aromatic N) is 1. The molecule has 1 unspecified atom stereocenters. The molecule has 0 radical (unpaired) electrons. The van der Waals surface area contributed by atoms with Crippen LogP contribution in [0.25, 0.3) is 0 Å². The summed E-state index contributed by atoms with van der Waals surface area (Å²) in [6.07, 6.45) is 1.51. The van der Waals surface area contributed by atoms with Crippen molar-refractivity contribution in [2.45, 2.75) is 25.4 Å². The second-order valence-corrected chi connectivity index (χ2v) is 5.52. The molecule has 16 heavy (non-hydrogen) atoms. The summed E-state index contributed by atoms with van der Waals surface area (Å²) in [7, 11) is 2.10. The first kappa shape index (κ1) is 11.6. The Kier molecular flexibility index (Phi) is 3.28. The molecule has 0 bridgehead atoms. The summed E-state index contributed by atoms with van der Waals surface area (Å²) in [5, 5.41) is 8.76. The van der Waals surface area contributed by atoms with Crippen LogP contribution in [0, 0.1) is 0 Å². The van der Waals surface area contributed by atoms with Gasteiger partial charge in [-0.15, -0.1) is 11.3 Å². The van der Waals surface area contributed by atoms with Gasteiger partial charge in [-0.05, 0) is 25.1 Å². The van der Waals surface area contributed by atoms with E-state index in [2.05, 4.69) is 18.0 Å². The van der Waals surface area contributed by atoms with Crippen molar-refractivity contribution in [1.82, 2.24) is 4.90 Å². The number of carboxylic acids is 1. The number of carboxylic acid groups (broad SMARTS) is 1. The molecule has 1 atom stereocenters. The summed E-state index contributed by atoms with van der Waals surface area (Å²) in [5.74, 6) is -0.927. The third kappa shape index (κ3) is 2.42. The molecule has 88 valence electrons. The fourth-order valence-corrected chi connectivity index (χ4v) is 3.17. The number of hydrogen-bond acceptors (Lipinski definition) is 4. The highest BCUT2D eigenvalue weighted by atomic mass is 32.1. The Balaban J connectivity index is 2.10. The smallest absolute Gasteiger partial charge is 0.320 e. The van der Waals surface area contributed by atoms with E-state index >= 15 is 0 Å². The van der Waals surface area contributed by atoms with Gasteiger partial charge in [0.05, 0.1) is 0 Å². The molecule has 1 aromatic heterocycles. The lowest BCUT2D eigenvalue weighted by atomic mass is 10.1. The first-order valence-electron chi connectivity index (χ1n) is 5.33. The number of hydrogen-bond donors (Lipinski definition) is 2. The summed E-state index contributed by atoms with van der Waals surface area (Å²) in [4.78, 5) is 15.4. The average molecular weight is 240 g/mol. The number of nitrogens with two attached hydrogens (primary N) is 1. The number of aliphatic carboxylic acids is 1. The third-order valence-corrected chi connectivity index (χ3v) is 4.11. The van der Waals surface area contributed by atoms with Crippen LogP contribution in [0.3, 0.4) is 0 Å². The molecule has 2 heterocycles. The van der Waals surface area contributed by atoms with Crippen LogP contribution in [0.15, 0.2) is 6.07 Å². The standard InChI is InChI=1S/C11H16N2O2S/c1-13-3-2-10-7(6-13)4-8(16-10)5-9(12)11(14)15/h4,9H,2-3,5-6,12H2,1H3,(H,14,15). The van der Waals surface area contributed by atoms with Crippen molar-refractivity contribution < 1.29 is 9.90 Å². The molecular weight excluding hydrogens is 224 g/mol. The first-order valence-corrected chi connectivity index (χ1v) is 6.15. The van der Waals surface area contributed by atoms with Crippen LogP contribution >= 0.6 is 11.3 Å². The second-order valence-electron chi connectivity index (χ2n) is 4.30. The molecule has 0 saturated heterocycles. The first-order chi connectivity index (χ1) is 7.56. The Bertz CT molecular complexity index is 403. The highest BCUT2D eigenvalue weighted by Crippen LogP contribution is 2.28. The van der Waals surface area contributed by atoms with E-state index < -0.39 is 12.0 Å². The maximum Gasteiger partial charge on any atom is 0.320 e. The molecule has 1 aliphatic heterocycles. The predicted octanol–water partition coefficient (Wildman–Crippen LogP) is 0.690. The zero-order chi connectivity index (χ0) is 11.7. The van der Waals surface area contributed by atoms with E-state index in [1.807, 2.05) is 0 Å². The molecule has 1 aliphatic rings. The fraction of sp³-hybridized carbons (Fsp3) is 0.545. The fourth-order valence-electron chi connectivity index (χ4n) is 1.94. The SMILES string of the molecule is CN1CCc2sc(CC(N)C(=O)O)cc2C1. The minimum Gasteiger partial charge on any atom is -0.480 e. The van der Waals surface area contributed by atoms with E-state index in [1.165, 1.54) is 10.4 Å². The van der Waals surface area contributed by atoms with E-state index in [-0.39, 0.29) is 0 Å². The van der Waals surface area contributed by atoms with Gasteiger partial charge in [-0.1, -0.05) is 0 Å². The van der Waals surface area contributed by atoms with E-state index in [0.717, 1.165) is 24.4 Å². The Morgan fingerprint density at radius 2 is 2.50 bits per heavy atom. The Morgan fingerprint density at radius 3 is 3.19 bits per heavy atom. The number of thiophene rings is 1. The number of carbonyl (C=O) groups is 1. The largest absolute Gasteiger partial charge is 0.480 e. The van der Waals surface area contributed by atoms with Crippen molar-refractivity contribution in [3.05, 3.63) is 21.4 Å². The lowest BCUT2D eigenvalue weighted by molar-refractivity contribution is -0.138. The van der Waals surface area contributed by atoms with E-state index in [1.54, 1.807) is 11.3 Å². The third-order valence-electron chi connectivity index (χ3n) is 2.85. The van der Waals surface area contributed by atoms with Gasteiger partial charge in [0.25, 0.3) is 0 Å². The topological polar surface area (TPSA) is 66.6 Å². The number of likely N-dealkylation sites (N-methyl/N-ethyl adjacent to an activating group) is 1. The van der Waals surface area contributed by atoms with E-state index in [0.29, 0.717) is 6.42 Å². The molecule has 0 spiro atoms. The van der Waals surface area contributed by atoms with Crippen molar-refractivity contribution in [3.8, 4) is 0 Å². The van der Waals surface area contributed by atoms with E-state index in [4.69, 9.17) is 10.8 Å². The minimum absolute atomic E-state index is 0.441. The second kappa shape index (κ2) is 4.53. The van der Waals surface area contributed by atoms with Crippen molar-refractivity contribution in [3.63, 3.8) is 0 Å². The molecule has 3 N–H and O–H groups in total. The van der Waals surface area contributed by atoms with Crippen molar-refractivity contribution in [2.75, 3.05) is 13.6 Å². The molecule has 4 nitrogen and oxygen atoms in total. The van der Waals surface area contributed by atoms with Crippen molar-refractivity contribution in [2.24, 2.45) is 5.73 Å². The molecule has 0 fully saturated rings. The average Bonchev–Trinajstić information content (AvgIpc) is 2.58. The van der Waals surface area contributed by atoms with Crippen LogP contribution in [0.1, 0.15) is 15.3 Å². The highest BCUT2D eigenvalue weighted by molar-refractivity contribution is 7.12. The molecule has 5 heteroatoms. The van der Waals surface area contributed by atoms with Crippen LogP contribution in [0.5, 0.6) is 0 Å². The molecule has 0 saturated carbocycles. The normalized spacial score (nSPS) is 18.1. The minimum atomic E-state index is -0.927. The van der Waals surface area contributed by atoms with Crippen LogP contribution in [-0.4, -0.2) is 35.6 Å². The highest BCUT2D eigenvalue weighted by Gasteiger charge is 2.19. The van der Waals surface area contributed by atoms with Gasteiger partial charge in [-0.3, -0.25) is 4.79 Å². The van der Waals surface area contributed by atoms with Gasteiger partial charge in [0.15, 0.2) is 0 Å². The van der Waals surface area contributed by atoms with Gasteiger partial charge in [0, 0.05) is 29.3 Å². The van der Waals surface area contributed by atoms with Gasteiger partial charge in [0.1, 0.15) is 6.04 Å². The van der Waals surface area contributed by atoms with Crippen molar-refractivity contribution in [1.29, 1.82) is 0 Å². The number of rotatable bonds is 3. The zero-order valence-corrected chi connectivity index (χ0v) is 10.1. The van der Waals surface area contributed by atoms with Crippen LogP contribution < -0.4 is 5.73 Å². The van der Waals surface area contributed by atoms with Crippen molar-refractivity contribution >= 4 is 17.3 Å². The monoisotopic (exact) mass is 240 g/mol. The molecule has 2 rings (SSSR count). The molecule has 0 amide bonds. The molecule has 0 aromatic carbocycles. The van der Waals surface area contributed by atoms with Crippen LogP contribution in [0.2, 0.25) is 0 Å². The molecule has 0 aliphatic carbocycles. The predicted molar refractivity (Wildman–Crippen MR) is 63.7 cm³/mol. The maximum atomic E-state index is 10.7. The molecular formula is C11H16N2O2S. The van der Waals surface area contributed by atoms with Gasteiger partial charge in [0.2, 0.25) is 0 Å².